The third-order valence-electron chi connectivity index (χ3n) is 4.23. The molecule has 0 aromatic heterocycles. The van der Waals surface area contributed by atoms with Crippen LogP contribution in [0.2, 0.25) is 0 Å². The van der Waals surface area contributed by atoms with Gasteiger partial charge in [0.1, 0.15) is 5.75 Å². The Bertz CT molecular complexity index is 595. The van der Waals surface area contributed by atoms with Gasteiger partial charge in [-0.3, -0.25) is 0 Å². The maximum Gasteiger partial charge on any atom is 0.196 e. The minimum Gasteiger partial charge on any atom is -0.465 e. The van der Waals surface area contributed by atoms with E-state index in [9.17, 15) is 0 Å². The first kappa shape index (κ1) is 19.5. The number of nitrogens with one attached hydrogen (secondary N) is 1. The normalized spacial score (nSPS) is 13.6. The molecule has 0 aliphatic heterocycles. The molecule has 2 atom stereocenters. The molecular weight excluding hydrogens is 310 g/mol. The van der Waals surface area contributed by atoms with Crippen LogP contribution >= 0.6 is 0 Å². The number of hydrogen-bond donors (Lipinski definition) is 1. The third-order valence-corrected chi connectivity index (χ3v) is 4.23. The van der Waals surface area contributed by atoms with Crippen LogP contribution in [0.1, 0.15) is 44.4 Å². The predicted octanol–water partition coefficient (Wildman–Crippen LogP) is 4.98. The van der Waals surface area contributed by atoms with E-state index in [4.69, 9.17) is 9.47 Å². The lowest BCUT2D eigenvalue weighted by Gasteiger charge is -2.20. The molecule has 3 nitrogen and oxygen atoms in total. The molecule has 3 heteroatoms. The van der Waals surface area contributed by atoms with Crippen LogP contribution in [0, 0.1) is 5.92 Å². The second-order valence-corrected chi connectivity index (χ2v) is 6.83. The molecule has 0 saturated heterocycles. The Balaban J connectivity index is 1.79. The third kappa shape index (κ3) is 6.89. The van der Waals surface area contributed by atoms with E-state index in [2.05, 4.69) is 55.6 Å². The first-order chi connectivity index (χ1) is 12.1. The minimum atomic E-state index is -0.259. The van der Waals surface area contributed by atoms with Crippen molar-refractivity contribution >= 4 is 0 Å². The van der Waals surface area contributed by atoms with E-state index in [1.165, 1.54) is 11.1 Å². The topological polar surface area (TPSA) is 30.5 Å². The molecule has 0 aliphatic carbocycles. The van der Waals surface area contributed by atoms with Crippen LogP contribution in [0.25, 0.3) is 0 Å². The Morgan fingerprint density at radius 1 is 0.920 bits per heavy atom. The highest BCUT2D eigenvalue weighted by Crippen LogP contribution is 2.23. The molecule has 0 fully saturated rings. The summed E-state index contributed by atoms with van der Waals surface area (Å²) in [5.74, 6) is 1.50. The number of ether oxygens (including phenoxy) is 2. The average molecular weight is 341 g/mol. The smallest absolute Gasteiger partial charge is 0.196 e. The summed E-state index contributed by atoms with van der Waals surface area (Å²) in [6.07, 6.45) is 1.76. The van der Waals surface area contributed by atoms with Gasteiger partial charge in [-0.05, 0) is 56.0 Å². The second kappa shape index (κ2) is 10.2. The largest absolute Gasteiger partial charge is 0.465 e. The predicted molar refractivity (Wildman–Crippen MR) is 104 cm³/mol. The van der Waals surface area contributed by atoms with Crippen molar-refractivity contribution in [2.45, 2.75) is 45.9 Å². The van der Waals surface area contributed by atoms with E-state index in [-0.39, 0.29) is 6.29 Å². The summed E-state index contributed by atoms with van der Waals surface area (Å²) in [7, 11) is 2.01. The number of benzene rings is 2. The first-order valence-corrected chi connectivity index (χ1v) is 9.18. The zero-order valence-electron chi connectivity index (χ0n) is 15.9. The van der Waals surface area contributed by atoms with Crippen LogP contribution < -0.4 is 10.1 Å². The quantitative estimate of drug-likeness (QED) is 0.618. The Labute approximate surface area is 152 Å². The van der Waals surface area contributed by atoms with Crippen molar-refractivity contribution in [2.24, 2.45) is 5.92 Å². The van der Waals surface area contributed by atoms with Gasteiger partial charge >= 0.3 is 0 Å². The minimum absolute atomic E-state index is 0.259. The van der Waals surface area contributed by atoms with Crippen LogP contribution in [0.5, 0.6) is 5.75 Å². The summed E-state index contributed by atoms with van der Waals surface area (Å²) in [5, 5.41) is 3.39. The summed E-state index contributed by atoms with van der Waals surface area (Å²) < 4.78 is 11.6. The zero-order chi connectivity index (χ0) is 18.1. The maximum absolute atomic E-state index is 5.86. The molecule has 25 heavy (non-hydrogen) atoms. The molecule has 0 spiro atoms. The van der Waals surface area contributed by atoms with Crippen LogP contribution in [0.3, 0.4) is 0 Å². The number of rotatable bonds is 10. The fourth-order valence-corrected chi connectivity index (χ4v) is 2.88. The molecule has 0 heterocycles. The summed E-state index contributed by atoms with van der Waals surface area (Å²) in [4.78, 5) is 0. The Morgan fingerprint density at radius 2 is 1.60 bits per heavy atom. The van der Waals surface area contributed by atoms with Crippen LogP contribution in [-0.4, -0.2) is 19.9 Å². The average Bonchev–Trinajstić information content (AvgIpc) is 2.61. The standard InChI is InChI=1S/C22H31NO2/c1-17(2)16-22(23-4)20-10-12-21(13-11-20)25-18(3)24-15-14-19-8-6-5-7-9-19/h5-13,17-18,22-23H,14-16H2,1-4H3. The van der Waals surface area contributed by atoms with Gasteiger partial charge in [-0.1, -0.05) is 56.3 Å². The molecule has 2 unspecified atom stereocenters. The molecule has 0 bridgehead atoms. The van der Waals surface area contributed by atoms with E-state index in [1.807, 2.05) is 32.2 Å². The van der Waals surface area contributed by atoms with Gasteiger partial charge in [0, 0.05) is 6.04 Å². The van der Waals surface area contributed by atoms with Crippen molar-refractivity contribution in [2.75, 3.05) is 13.7 Å². The molecule has 2 aromatic rings. The Kier molecular flexibility index (Phi) is 7.96. The van der Waals surface area contributed by atoms with Crippen molar-refractivity contribution in [1.29, 1.82) is 0 Å². The fraction of sp³-hybridized carbons (Fsp3) is 0.455. The van der Waals surface area contributed by atoms with Crippen molar-refractivity contribution in [3.8, 4) is 5.75 Å². The zero-order valence-corrected chi connectivity index (χ0v) is 15.9. The van der Waals surface area contributed by atoms with Crippen LogP contribution in [0.4, 0.5) is 0 Å². The Morgan fingerprint density at radius 3 is 2.20 bits per heavy atom. The molecule has 2 rings (SSSR count). The molecule has 0 aliphatic rings. The fourth-order valence-electron chi connectivity index (χ4n) is 2.88. The van der Waals surface area contributed by atoms with Gasteiger partial charge in [0.05, 0.1) is 6.61 Å². The van der Waals surface area contributed by atoms with E-state index < -0.39 is 0 Å². The lowest BCUT2D eigenvalue weighted by atomic mass is 9.97. The summed E-state index contributed by atoms with van der Waals surface area (Å²) >= 11 is 0. The van der Waals surface area contributed by atoms with Gasteiger partial charge in [0.25, 0.3) is 0 Å². The lowest BCUT2D eigenvalue weighted by molar-refractivity contribution is -0.0654. The monoisotopic (exact) mass is 341 g/mol. The van der Waals surface area contributed by atoms with E-state index >= 15 is 0 Å². The lowest BCUT2D eigenvalue weighted by Crippen LogP contribution is -2.19. The van der Waals surface area contributed by atoms with Gasteiger partial charge in [-0.25, -0.2) is 0 Å². The summed E-state index contributed by atoms with van der Waals surface area (Å²) in [5.41, 5.74) is 2.57. The second-order valence-electron chi connectivity index (χ2n) is 6.83. The highest BCUT2D eigenvalue weighted by Gasteiger charge is 2.11. The van der Waals surface area contributed by atoms with Gasteiger partial charge < -0.3 is 14.8 Å². The SMILES string of the molecule is CNC(CC(C)C)c1ccc(OC(C)OCCc2ccccc2)cc1. The van der Waals surface area contributed by atoms with Gasteiger partial charge in [0.15, 0.2) is 6.29 Å². The molecule has 1 N–H and O–H groups in total. The highest BCUT2D eigenvalue weighted by atomic mass is 16.7. The molecule has 0 saturated carbocycles. The molecule has 0 radical (unpaired) electrons. The first-order valence-electron chi connectivity index (χ1n) is 9.18. The van der Waals surface area contributed by atoms with E-state index in [0.29, 0.717) is 18.6 Å². The van der Waals surface area contributed by atoms with Crippen molar-refractivity contribution in [3.63, 3.8) is 0 Å². The molecule has 136 valence electrons. The maximum atomic E-state index is 5.86. The summed E-state index contributed by atoms with van der Waals surface area (Å²) in [6.45, 7) is 7.08. The van der Waals surface area contributed by atoms with E-state index in [0.717, 1.165) is 18.6 Å². The van der Waals surface area contributed by atoms with Gasteiger partial charge in [-0.2, -0.15) is 0 Å². The van der Waals surface area contributed by atoms with Crippen LogP contribution in [-0.2, 0) is 11.2 Å². The summed E-state index contributed by atoms with van der Waals surface area (Å²) in [6, 6.07) is 19.1. The number of hydrogen-bond acceptors (Lipinski definition) is 3. The molecular formula is C22H31NO2. The van der Waals surface area contributed by atoms with Crippen molar-refractivity contribution in [1.82, 2.24) is 5.32 Å². The van der Waals surface area contributed by atoms with E-state index in [1.54, 1.807) is 0 Å². The van der Waals surface area contributed by atoms with Gasteiger partial charge in [-0.15, -0.1) is 0 Å². The van der Waals surface area contributed by atoms with Crippen molar-refractivity contribution in [3.05, 3.63) is 65.7 Å². The highest BCUT2D eigenvalue weighted by molar-refractivity contribution is 5.29. The van der Waals surface area contributed by atoms with Gasteiger partial charge in [0.2, 0.25) is 0 Å². The molecule has 0 amide bonds. The Hall–Kier alpha value is -1.84. The van der Waals surface area contributed by atoms with Crippen LogP contribution in [0.15, 0.2) is 54.6 Å². The molecule has 2 aromatic carbocycles. The van der Waals surface area contributed by atoms with Crippen molar-refractivity contribution < 1.29 is 9.47 Å².